The summed E-state index contributed by atoms with van der Waals surface area (Å²) in [6, 6.07) is 10.7. The van der Waals surface area contributed by atoms with Crippen molar-refractivity contribution in [3.05, 3.63) is 54.1 Å². The molecule has 2 aromatic carbocycles. The van der Waals surface area contributed by atoms with Gasteiger partial charge in [0, 0.05) is 38.8 Å². The van der Waals surface area contributed by atoms with Gasteiger partial charge in [0.05, 0.1) is 23.7 Å². The van der Waals surface area contributed by atoms with Crippen LogP contribution in [-0.4, -0.2) is 54.9 Å². The average molecular weight is 461 g/mol. The van der Waals surface area contributed by atoms with Crippen molar-refractivity contribution >= 4 is 29.2 Å². The van der Waals surface area contributed by atoms with Gasteiger partial charge in [-0.2, -0.15) is 13.2 Å². The Morgan fingerprint density at radius 3 is 2.24 bits per heavy atom. The minimum absolute atomic E-state index is 0.0358. The maximum absolute atomic E-state index is 13.0. The number of anilines is 2. The fourth-order valence-electron chi connectivity index (χ4n) is 4.17. The van der Waals surface area contributed by atoms with Crippen molar-refractivity contribution in [2.75, 3.05) is 36.0 Å². The molecule has 2 aromatic rings. The number of alkyl halides is 3. The minimum Gasteiger partial charge on any atom is -0.427 e. The van der Waals surface area contributed by atoms with Gasteiger partial charge in [0.1, 0.15) is 5.75 Å². The molecule has 0 unspecified atom stereocenters. The highest BCUT2D eigenvalue weighted by Crippen LogP contribution is 2.32. The van der Waals surface area contributed by atoms with E-state index in [4.69, 9.17) is 4.74 Å². The number of carbonyl (C=O) groups excluding carboxylic acids is 3. The topological polar surface area (TPSA) is 70.2 Å². The Kier molecular flexibility index (Phi) is 6.11. The molecule has 2 fully saturated rings. The van der Waals surface area contributed by atoms with Crippen molar-refractivity contribution in [3.63, 3.8) is 0 Å². The predicted octanol–water partition coefficient (Wildman–Crippen LogP) is 3.08. The first-order chi connectivity index (χ1) is 15.6. The molecule has 0 N–H and O–H groups in total. The maximum atomic E-state index is 13.0. The molecular formula is C23H22F3N3O4. The summed E-state index contributed by atoms with van der Waals surface area (Å²) in [5.74, 6) is -0.827. The van der Waals surface area contributed by atoms with Crippen molar-refractivity contribution in [2.45, 2.75) is 25.6 Å². The SMILES string of the molecule is CC(=O)Oc1ccc(N2C(=O)C[C@H](N3CCN(c4cccc(C(F)(F)F)c4)CC3)C2=O)cc1. The number of hydrogen-bond acceptors (Lipinski definition) is 6. The third-order valence-electron chi connectivity index (χ3n) is 5.77. The van der Waals surface area contributed by atoms with Crippen LogP contribution in [0.25, 0.3) is 0 Å². The van der Waals surface area contributed by atoms with Crippen LogP contribution < -0.4 is 14.5 Å². The van der Waals surface area contributed by atoms with Crippen LogP contribution >= 0.6 is 0 Å². The molecule has 0 saturated carbocycles. The first-order valence-corrected chi connectivity index (χ1v) is 10.4. The van der Waals surface area contributed by atoms with Crippen LogP contribution in [0, 0.1) is 0 Å². The summed E-state index contributed by atoms with van der Waals surface area (Å²) in [7, 11) is 0. The van der Waals surface area contributed by atoms with E-state index in [0.717, 1.165) is 17.0 Å². The molecule has 2 saturated heterocycles. The number of benzene rings is 2. The molecule has 33 heavy (non-hydrogen) atoms. The van der Waals surface area contributed by atoms with Crippen molar-refractivity contribution in [2.24, 2.45) is 0 Å². The summed E-state index contributed by atoms with van der Waals surface area (Å²) in [4.78, 5) is 41.5. The first kappa shape index (κ1) is 22.8. The van der Waals surface area contributed by atoms with Gasteiger partial charge in [-0.3, -0.25) is 19.3 Å². The van der Waals surface area contributed by atoms with Gasteiger partial charge in [-0.05, 0) is 42.5 Å². The van der Waals surface area contributed by atoms with E-state index in [1.165, 1.54) is 25.1 Å². The number of imide groups is 1. The lowest BCUT2D eigenvalue weighted by Gasteiger charge is -2.38. The molecule has 0 aromatic heterocycles. The molecule has 10 heteroatoms. The van der Waals surface area contributed by atoms with E-state index in [2.05, 4.69) is 0 Å². The highest BCUT2D eigenvalue weighted by atomic mass is 19.4. The highest BCUT2D eigenvalue weighted by Gasteiger charge is 2.43. The highest BCUT2D eigenvalue weighted by molar-refractivity contribution is 6.22. The fourth-order valence-corrected chi connectivity index (χ4v) is 4.17. The zero-order valence-corrected chi connectivity index (χ0v) is 17.8. The lowest BCUT2D eigenvalue weighted by Crippen LogP contribution is -2.52. The van der Waals surface area contributed by atoms with Gasteiger partial charge in [0.25, 0.3) is 5.91 Å². The van der Waals surface area contributed by atoms with E-state index in [1.807, 2.05) is 9.80 Å². The predicted molar refractivity (Wildman–Crippen MR) is 114 cm³/mol. The largest absolute Gasteiger partial charge is 0.427 e. The molecule has 2 amide bonds. The summed E-state index contributed by atoms with van der Waals surface area (Å²) in [5, 5.41) is 0. The van der Waals surface area contributed by atoms with Gasteiger partial charge in [0.15, 0.2) is 0 Å². The summed E-state index contributed by atoms with van der Waals surface area (Å²) >= 11 is 0. The lowest BCUT2D eigenvalue weighted by molar-refractivity contribution is -0.137. The minimum atomic E-state index is -4.41. The average Bonchev–Trinajstić information content (AvgIpc) is 3.07. The van der Waals surface area contributed by atoms with E-state index in [9.17, 15) is 27.6 Å². The van der Waals surface area contributed by atoms with Crippen LogP contribution in [0.4, 0.5) is 24.5 Å². The normalized spacial score (nSPS) is 19.8. The molecule has 0 bridgehead atoms. The zero-order valence-electron chi connectivity index (χ0n) is 17.8. The molecular weight excluding hydrogens is 439 g/mol. The Hall–Kier alpha value is -3.40. The van der Waals surface area contributed by atoms with Gasteiger partial charge in [-0.25, -0.2) is 4.90 Å². The van der Waals surface area contributed by atoms with E-state index >= 15 is 0 Å². The Morgan fingerprint density at radius 2 is 1.64 bits per heavy atom. The molecule has 174 valence electrons. The van der Waals surface area contributed by atoms with Gasteiger partial charge in [-0.15, -0.1) is 0 Å². The number of rotatable bonds is 4. The molecule has 2 aliphatic heterocycles. The van der Waals surface area contributed by atoms with Crippen LogP contribution in [-0.2, 0) is 20.6 Å². The van der Waals surface area contributed by atoms with Crippen LogP contribution in [0.2, 0.25) is 0 Å². The summed E-state index contributed by atoms with van der Waals surface area (Å²) in [6.45, 7) is 3.05. The van der Waals surface area contributed by atoms with Crippen LogP contribution in [0.5, 0.6) is 5.75 Å². The fraction of sp³-hybridized carbons (Fsp3) is 0.348. The molecule has 2 heterocycles. The van der Waals surface area contributed by atoms with Crippen LogP contribution in [0.3, 0.4) is 0 Å². The monoisotopic (exact) mass is 461 g/mol. The van der Waals surface area contributed by atoms with Gasteiger partial charge < -0.3 is 9.64 Å². The lowest BCUT2D eigenvalue weighted by atomic mass is 10.1. The van der Waals surface area contributed by atoms with Gasteiger partial charge in [-0.1, -0.05) is 6.07 Å². The molecule has 1 atom stereocenters. The third kappa shape index (κ3) is 4.85. The second-order valence-corrected chi connectivity index (χ2v) is 7.95. The molecule has 4 rings (SSSR count). The second kappa shape index (κ2) is 8.86. The Bertz CT molecular complexity index is 1060. The van der Waals surface area contributed by atoms with E-state index in [0.29, 0.717) is 43.3 Å². The quantitative estimate of drug-likeness (QED) is 0.396. The van der Waals surface area contributed by atoms with E-state index < -0.39 is 23.8 Å². The number of hydrogen-bond donors (Lipinski definition) is 0. The molecule has 0 radical (unpaired) electrons. The third-order valence-corrected chi connectivity index (χ3v) is 5.77. The molecule has 0 aliphatic carbocycles. The van der Waals surface area contributed by atoms with Crippen molar-refractivity contribution in [1.29, 1.82) is 0 Å². The van der Waals surface area contributed by atoms with Crippen molar-refractivity contribution in [1.82, 2.24) is 4.90 Å². The summed E-state index contributed by atoms with van der Waals surface area (Å²) in [5.41, 5.74) is 0.174. The van der Waals surface area contributed by atoms with E-state index in [1.54, 1.807) is 18.2 Å². The number of nitrogens with zero attached hydrogens (tertiary/aromatic N) is 3. The molecule has 2 aliphatic rings. The Balaban J connectivity index is 1.41. The molecule has 7 nitrogen and oxygen atoms in total. The smallest absolute Gasteiger partial charge is 0.416 e. The maximum Gasteiger partial charge on any atom is 0.416 e. The summed E-state index contributed by atoms with van der Waals surface area (Å²) < 4.78 is 44.0. The van der Waals surface area contributed by atoms with E-state index in [-0.39, 0.29) is 18.2 Å². The van der Waals surface area contributed by atoms with Gasteiger partial charge >= 0.3 is 12.1 Å². The Morgan fingerprint density at radius 1 is 0.970 bits per heavy atom. The molecule has 0 spiro atoms. The number of piperazine rings is 1. The summed E-state index contributed by atoms with van der Waals surface area (Å²) in [6.07, 6.45) is -4.37. The number of amides is 2. The Labute approximate surface area is 188 Å². The van der Waals surface area contributed by atoms with Crippen molar-refractivity contribution in [3.8, 4) is 5.75 Å². The zero-order chi connectivity index (χ0) is 23.8. The number of ether oxygens (including phenoxy) is 1. The first-order valence-electron chi connectivity index (χ1n) is 10.4. The number of halogens is 3. The number of carbonyl (C=O) groups is 3. The van der Waals surface area contributed by atoms with Crippen LogP contribution in [0.1, 0.15) is 18.9 Å². The van der Waals surface area contributed by atoms with Gasteiger partial charge in [0.2, 0.25) is 5.91 Å². The standard InChI is InChI=1S/C23H22F3N3O4/c1-15(30)33-19-7-5-17(6-8-19)29-21(31)14-20(22(29)32)28-11-9-27(10-12-28)18-4-2-3-16(13-18)23(24,25)26/h2-8,13,20H,9-12,14H2,1H3/t20-/m0/s1. The number of esters is 1. The van der Waals surface area contributed by atoms with Crippen molar-refractivity contribution < 1.29 is 32.3 Å². The second-order valence-electron chi connectivity index (χ2n) is 7.95. The van der Waals surface area contributed by atoms with Crippen LogP contribution in [0.15, 0.2) is 48.5 Å².